The Morgan fingerprint density at radius 3 is 2.21 bits per heavy atom. The van der Waals surface area contributed by atoms with Gasteiger partial charge in [0.1, 0.15) is 0 Å². The highest BCUT2D eigenvalue weighted by Crippen LogP contribution is 2.50. The summed E-state index contributed by atoms with van der Waals surface area (Å²) in [4.78, 5) is 2.33. The van der Waals surface area contributed by atoms with Gasteiger partial charge in [-0.2, -0.15) is 0 Å². The highest BCUT2D eigenvalue weighted by atomic mass is 15.2. The topological polar surface area (TPSA) is 3.24 Å². The van der Waals surface area contributed by atoms with Gasteiger partial charge in [0.05, 0.1) is 0 Å². The second kappa shape index (κ2) is 5.40. The van der Waals surface area contributed by atoms with Gasteiger partial charge in [-0.05, 0) is 12.5 Å². The van der Waals surface area contributed by atoms with Crippen molar-refractivity contribution < 1.29 is 0 Å². The highest BCUT2D eigenvalue weighted by molar-refractivity contribution is 5.52. The van der Waals surface area contributed by atoms with Crippen LogP contribution in [0.5, 0.6) is 0 Å². The number of allylic oxidation sites excluding steroid dienone is 7. The van der Waals surface area contributed by atoms with Crippen molar-refractivity contribution in [2.45, 2.75) is 48.5 Å². The molecular weight excluding hydrogens is 230 g/mol. The minimum absolute atomic E-state index is 0.111. The van der Waals surface area contributed by atoms with Gasteiger partial charge in [0.15, 0.2) is 0 Å². The molecule has 0 spiro atoms. The fourth-order valence-corrected chi connectivity index (χ4v) is 3.00. The third-order valence-electron chi connectivity index (χ3n) is 3.88. The van der Waals surface area contributed by atoms with Gasteiger partial charge in [0.25, 0.3) is 0 Å². The second-order valence-electron chi connectivity index (χ2n) is 6.15. The van der Waals surface area contributed by atoms with Gasteiger partial charge < -0.3 is 4.90 Å². The predicted molar refractivity (Wildman–Crippen MR) is 85.7 cm³/mol. The molecule has 2 aliphatic rings. The van der Waals surface area contributed by atoms with Crippen molar-refractivity contribution in [3.05, 3.63) is 47.3 Å². The van der Waals surface area contributed by atoms with Crippen LogP contribution in [0.3, 0.4) is 0 Å². The normalized spacial score (nSPS) is 25.1. The summed E-state index contributed by atoms with van der Waals surface area (Å²) in [5.41, 5.74) is 4.41. The van der Waals surface area contributed by atoms with E-state index in [0.29, 0.717) is 0 Å². The number of hydrogen-bond donors (Lipinski definition) is 0. The first kappa shape index (κ1) is 15.8. The molecule has 0 atom stereocenters. The summed E-state index contributed by atoms with van der Waals surface area (Å²) in [5.74, 6) is 0. The third kappa shape index (κ3) is 2.70. The fraction of sp³-hybridized carbons (Fsp3) is 0.556. The molecule has 1 heteroatoms. The molecule has 106 valence electrons. The maximum atomic E-state index is 2.38. The predicted octanol–water partition coefficient (Wildman–Crippen LogP) is 5.29. The van der Waals surface area contributed by atoms with Crippen molar-refractivity contribution in [3.63, 3.8) is 0 Å². The third-order valence-corrected chi connectivity index (χ3v) is 3.88. The molecule has 0 aromatic carbocycles. The van der Waals surface area contributed by atoms with Crippen molar-refractivity contribution in [2.75, 3.05) is 7.05 Å². The Labute approximate surface area is 119 Å². The van der Waals surface area contributed by atoms with E-state index >= 15 is 0 Å². The number of fused-ring (bicyclic) bond motifs is 1. The van der Waals surface area contributed by atoms with E-state index < -0.39 is 0 Å². The van der Waals surface area contributed by atoms with Crippen molar-refractivity contribution in [1.29, 1.82) is 0 Å². The minimum Gasteiger partial charge on any atom is -0.348 e. The molecule has 0 N–H and O–H groups in total. The fourth-order valence-electron chi connectivity index (χ4n) is 3.00. The molecular formula is C18H29N. The molecule has 1 saturated heterocycles. The van der Waals surface area contributed by atoms with Gasteiger partial charge >= 0.3 is 0 Å². The Morgan fingerprint density at radius 1 is 1.11 bits per heavy atom. The average molecular weight is 259 g/mol. The number of rotatable bonds is 0. The van der Waals surface area contributed by atoms with E-state index in [4.69, 9.17) is 0 Å². The maximum Gasteiger partial charge on any atom is 0.0415 e. The molecule has 0 aromatic heterocycles. The molecule has 1 fully saturated rings. The lowest BCUT2D eigenvalue weighted by Gasteiger charge is -2.23. The van der Waals surface area contributed by atoms with Crippen LogP contribution < -0.4 is 0 Å². The summed E-state index contributed by atoms with van der Waals surface area (Å²) in [7, 11) is 2.17. The van der Waals surface area contributed by atoms with E-state index in [9.17, 15) is 0 Å². The molecule has 1 nitrogen and oxygen atoms in total. The molecule has 0 unspecified atom stereocenters. The number of likely N-dealkylation sites (tertiary alicyclic amines) is 1. The lowest BCUT2D eigenvalue weighted by Crippen LogP contribution is -2.16. The van der Waals surface area contributed by atoms with Crippen LogP contribution in [0, 0.1) is 10.8 Å². The van der Waals surface area contributed by atoms with Crippen LogP contribution >= 0.6 is 0 Å². The summed E-state index contributed by atoms with van der Waals surface area (Å²) < 4.78 is 0. The molecule has 0 bridgehead atoms. The van der Waals surface area contributed by atoms with Crippen LogP contribution in [0.2, 0.25) is 0 Å². The van der Waals surface area contributed by atoms with Crippen LogP contribution in [-0.4, -0.2) is 11.9 Å². The van der Waals surface area contributed by atoms with Crippen molar-refractivity contribution in [2.24, 2.45) is 10.8 Å². The molecule has 0 saturated carbocycles. The molecule has 19 heavy (non-hydrogen) atoms. The van der Waals surface area contributed by atoms with E-state index in [1.807, 2.05) is 13.8 Å². The largest absolute Gasteiger partial charge is 0.348 e. The van der Waals surface area contributed by atoms with E-state index in [0.717, 1.165) is 0 Å². The highest BCUT2D eigenvalue weighted by Gasteiger charge is 2.41. The van der Waals surface area contributed by atoms with E-state index in [2.05, 4.69) is 76.9 Å². The molecule has 0 radical (unpaired) electrons. The van der Waals surface area contributed by atoms with Crippen LogP contribution in [-0.2, 0) is 0 Å². The number of hydrogen-bond acceptors (Lipinski definition) is 1. The summed E-state index contributed by atoms with van der Waals surface area (Å²) in [6, 6.07) is 0. The zero-order valence-electron chi connectivity index (χ0n) is 13.8. The Balaban J connectivity index is 0.000000861. The minimum atomic E-state index is 0.111. The zero-order valence-corrected chi connectivity index (χ0v) is 13.8. The van der Waals surface area contributed by atoms with Crippen LogP contribution in [0.25, 0.3) is 0 Å². The van der Waals surface area contributed by atoms with Gasteiger partial charge in [0.2, 0.25) is 0 Å². The van der Waals surface area contributed by atoms with E-state index in [-0.39, 0.29) is 10.8 Å². The zero-order chi connectivity index (χ0) is 14.8. The van der Waals surface area contributed by atoms with Gasteiger partial charge in [-0.15, -0.1) is 0 Å². The molecule has 0 aromatic rings. The summed E-state index contributed by atoms with van der Waals surface area (Å²) in [5, 5.41) is 0. The monoisotopic (exact) mass is 259 g/mol. The molecule has 1 aliphatic carbocycles. The van der Waals surface area contributed by atoms with Crippen molar-refractivity contribution >= 4 is 0 Å². The standard InChI is InChI=1S/C16H23N.C2H6/c1-7-14-16(4,5)12-9-8-10-15(2,3)11-13(12)17(14)6;1-2/h7-11H,1-6H3;1-2H3. The quantitative estimate of drug-likeness (QED) is 0.571. The van der Waals surface area contributed by atoms with E-state index in [1.165, 1.54) is 17.0 Å². The van der Waals surface area contributed by atoms with Crippen molar-refractivity contribution in [1.82, 2.24) is 4.90 Å². The Hall–Kier alpha value is -1.24. The summed E-state index contributed by atoms with van der Waals surface area (Å²) in [6.07, 6.45) is 11.3. The van der Waals surface area contributed by atoms with Crippen LogP contribution in [0.15, 0.2) is 47.3 Å². The van der Waals surface area contributed by atoms with Crippen LogP contribution in [0.4, 0.5) is 0 Å². The maximum absolute atomic E-state index is 2.38. The lowest BCUT2D eigenvalue weighted by molar-refractivity contribution is 0.461. The first-order valence-corrected chi connectivity index (χ1v) is 7.33. The van der Waals surface area contributed by atoms with E-state index in [1.54, 1.807) is 0 Å². The lowest BCUT2D eigenvalue weighted by atomic mass is 9.82. The SMILES string of the molecule is CC.CC=C1N(C)C2=CC(C)(C)C=CC=C2C1(C)C. The Morgan fingerprint density at radius 2 is 1.68 bits per heavy atom. The Kier molecular flexibility index (Phi) is 4.50. The first-order valence-electron chi connectivity index (χ1n) is 7.33. The summed E-state index contributed by atoms with van der Waals surface area (Å²) >= 11 is 0. The Bertz CT molecular complexity index is 456. The van der Waals surface area contributed by atoms with Gasteiger partial charge in [-0.1, -0.05) is 71.9 Å². The second-order valence-corrected chi connectivity index (χ2v) is 6.15. The first-order chi connectivity index (χ1) is 8.79. The average Bonchev–Trinajstić information content (AvgIpc) is 2.46. The van der Waals surface area contributed by atoms with Gasteiger partial charge in [-0.3, -0.25) is 0 Å². The molecule has 1 aliphatic heterocycles. The summed E-state index contributed by atoms with van der Waals surface area (Å²) in [6.45, 7) is 15.2. The number of nitrogens with zero attached hydrogens (tertiary/aromatic N) is 1. The number of likely N-dealkylation sites (N-methyl/N-ethyl adjacent to an activating group) is 1. The molecule has 0 amide bonds. The van der Waals surface area contributed by atoms with Crippen LogP contribution in [0.1, 0.15) is 48.5 Å². The molecule has 2 rings (SSSR count). The van der Waals surface area contributed by atoms with Gasteiger partial charge in [0, 0.05) is 29.3 Å². The molecule has 1 heterocycles. The smallest absolute Gasteiger partial charge is 0.0415 e. The van der Waals surface area contributed by atoms with Gasteiger partial charge in [-0.25, -0.2) is 0 Å². The van der Waals surface area contributed by atoms with Crippen molar-refractivity contribution in [3.8, 4) is 0 Å².